The molecule has 1 saturated carbocycles. The highest BCUT2D eigenvalue weighted by Gasteiger charge is 2.36. The zero-order valence-corrected chi connectivity index (χ0v) is 9.93. The van der Waals surface area contributed by atoms with Crippen LogP contribution in [-0.2, 0) is 0 Å². The lowest BCUT2D eigenvalue weighted by Crippen LogP contribution is -2.49. The third-order valence-electron chi connectivity index (χ3n) is 3.18. The van der Waals surface area contributed by atoms with Gasteiger partial charge in [0, 0.05) is 18.1 Å². The second kappa shape index (κ2) is 5.36. The minimum atomic E-state index is -4.12. The highest BCUT2D eigenvalue weighted by molar-refractivity contribution is 4.84. The van der Waals surface area contributed by atoms with E-state index in [0.29, 0.717) is 6.42 Å². The zero-order valence-electron chi connectivity index (χ0n) is 9.93. The van der Waals surface area contributed by atoms with Gasteiger partial charge in [-0.15, -0.1) is 0 Å². The number of hydrogen-bond acceptors (Lipinski definition) is 2. The summed E-state index contributed by atoms with van der Waals surface area (Å²) < 4.78 is 37.3. The molecule has 0 aromatic carbocycles. The minimum Gasteiger partial charge on any atom is -0.328 e. The molecule has 5 heteroatoms. The fraction of sp³-hybridized carbons (Fsp3) is 1.00. The van der Waals surface area contributed by atoms with Crippen molar-refractivity contribution >= 4 is 0 Å². The summed E-state index contributed by atoms with van der Waals surface area (Å²) in [4.78, 5) is 1.54. The summed E-state index contributed by atoms with van der Waals surface area (Å²) in [6.45, 7) is 2.81. The van der Waals surface area contributed by atoms with Crippen LogP contribution in [0.1, 0.15) is 39.5 Å². The molecule has 0 heterocycles. The number of rotatable bonds is 3. The van der Waals surface area contributed by atoms with Gasteiger partial charge in [-0.25, -0.2) is 0 Å². The average molecular weight is 238 g/mol. The van der Waals surface area contributed by atoms with Crippen LogP contribution in [0.4, 0.5) is 13.2 Å². The predicted octanol–water partition coefficient (Wildman–Crippen LogP) is 2.53. The summed E-state index contributed by atoms with van der Waals surface area (Å²) in [5.74, 6) is 0. The normalized spacial score (nSPS) is 27.8. The highest BCUT2D eigenvalue weighted by atomic mass is 19.4. The SMILES string of the molecule is CC(C)N(CC(F)(F)F)C1CCCC(N)C1. The van der Waals surface area contributed by atoms with Crippen molar-refractivity contribution in [1.29, 1.82) is 0 Å². The maximum absolute atomic E-state index is 12.4. The van der Waals surface area contributed by atoms with Crippen molar-refractivity contribution in [2.45, 2.75) is 63.8 Å². The summed E-state index contributed by atoms with van der Waals surface area (Å²) in [6.07, 6.45) is -0.719. The molecule has 0 aromatic heterocycles. The Morgan fingerprint density at radius 3 is 2.38 bits per heavy atom. The molecule has 0 spiro atoms. The molecule has 2 unspecified atom stereocenters. The quantitative estimate of drug-likeness (QED) is 0.818. The third-order valence-corrected chi connectivity index (χ3v) is 3.18. The van der Waals surface area contributed by atoms with Crippen LogP contribution < -0.4 is 5.73 Å². The van der Waals surface area contributed by atoms with Gasteiger partial charge in [0.2, 0.25) is 0 Å². The standard InChI is InChI=1S/C11H21F3N2/c1-8(2)16(7-11(12,13)14)10-5-3-4-9(15)6-10/h8-10H,3-7,15H2,1-2H3. The molecule has 0 saturated heterocycles. The molecule has 0 amide bonds. The van der Waals surface area contributed by atoms with Crippen LogP contribution in [-0.4, -0.2) is 35.7 Å². The van der Waals surface area contributed by atoms with Crippen LogP contribution in [0, 0.1) is 0 Å². The fourth-order valence-electron chi connectivity index (χ4n) is 2.44. The Hall–Kier alpha value is -0.290. The Labute approximate surface area is 95.0 Å². The maximum Gasteiger partial charge on any atom is 0.401 e. The van der Waals surface area contributed by atoms with Gasteiger partial charge in [0.15, 0.2) is 0 Å². The first-order valence-electron chi connectivity index (χ1n) is 5.87. The molecule has 0 aliphatic heterocycles. The number of nitrogens with two attached hydrogens (primary N) is 1. The van der Waals surface area contributed by atoms with Gasteiger partial charge in [0.1, 0.15) is 0 Å². The van der Waals surface area contributed by atoms with Crippen LogP contribution in [0.15, 0.2) is 0 Å². The summed E-state index contributed by atoms with van der Waals surface area (Å²) >= 11 is 0. The van der Waals surface area contributed by atoms with Crippen molar-refractivity contribution in [3.63, 3.8) is 0 Å². The number of hydrogen-bond donors (Lipinski definition) is 1. The van der Waals surface area contributed by atoms with E-state index in [1.165, 1.54) is 0 Å². The molecule has 16 heavy (non-hydrogen) atoms. The monoisotopic (exact) mass is 238 g/mol. The molecule has 1 rings (SSSR count). The molecule has 1 fully saturated rings. The average Bonchev–Trinajstić information content (AvgIpc) is 2.12. The summed E-state index contributed by atoms with van der Waals surface area (Å²) in [6, 6.07) is -0.0319. The Kier molecular flexibility index (Phi) is 4.62. The Balaban J connectivity index is 2.62. The van der Waals surface area contributed by atoms with Crippen LogP contribution >= 0.6 is 0 Å². The lowest BCUT2D eigenvalue weighted by Gasteiger charge is -2.39. The molecular formula is C11H21F3N2. The number of halogens is 3. The highest BCUT2D eigenvalue weighted by Crippen LogP contribution is 2.27. The number of nitrogens with zero attached hydrogens (tertiary/aromatic N) is 1. The van der Waals surface area contributed by atoms with Crippen LogP contribution in [0.3, 0.4) is 0 Å². The van der Waals surface area contributed by atoms with Gasteiger partial charge >= 0.3 is 6.18 Å². The van der Waals surface area contributed by atoms with Crippen molar-refractivity contribution in [2.75, 3.05) is 6.54 Å². The first-order chi connectivity index (χ1) is 7.29. The Morgan fingerprint density at radius 2 is 1.94 bits per heavy atom. The van der Waals surface area contributed by atoms with Crippen molar-refractivity contribution in [3.8, 4) is 0 Å². The topological polar surface area (TPSA) is 29.3 Å². The summed E-state index contributed by atoms with van der Waals surface area (Å²) in [5.41, 5.74) is 5.82. The summed E-state index contributed by atoms with van der Waals surface area (Å²) in [5, 5.41) is 0. The van der Waals surface area contributed by atoms with Crippen LogP contribution in [0.25, 0.3) is 0 Å². The van der Waals surface area contributed by atoms with Gasteiger partial charge in [-0.1, -0.05) is 6.42 Å². The predicted molar refractivity (Wildman–Crippen MR) is 58.1 cm³/mol. The first-order valence-corrected chi connectivity index (χ1v) is 5.87. The zero-order chi connectivity index (χ0) is 12.3. The molecule has 0 aromatic rings. The smallest absolute Gasteiger partial charge is 0.328 e. The molecule has 0 radical (unpaired) electrons. The Bertz CT molecular complexity index is 216. The van der Waals surface area contributed by atoms with E-state index in [2.05, 4.69) is 0 Å². The van der Waals surface area contributed by atoms with E-state index in [9.17, 15) is 13.2 Å². The van der Waals surface area contributed by atoms with Gasteiger partial charge in [0.05, 0.1) is 6.54 Å². The third kappa shape index (κ3) is 4.29. The fourth-order valence-corrected chi connectivity index (χ4v) is 2.44. The van der Waals surface area contributed by atoms with Crippen molar-refractivity contribution in [2.24, 2.45) is 5.73 Å². The molecule has 0 bridgehead atoms. The lowest BCUT2D eigenvalue weighted by molar-refractivity contribution is -0.156. The van der Waals surface area contributed by atoms with E-state index < -0.39 is 12.7 Å². The largest absolute Gasteiger partial charge is 0.401 e. The van der Waals surface area contributed by atoms with Gasteiger partial charge in [-0.05, 0) is 33.1 Å². The van der Waals surface area contributed by atoms with Crippen molar-refractivity contribution < 1.29 is 13.2 Å². The van der Waals surface area contributed by atoms with E-state index in [1.54, 1.807) is 4.90 Å². The van der Waals surface area contributed by atoms with Gasteiger partial charge in [0.25, 0.3) is 0 Å². The van der Waals surface area contributed by atoms with E-state index in [-0.39, 0.29) is 18.1 Å². The van der Waals surface area contributed by atoms with Crippen molar-refractivity contribution in [1.82, 2.24) is 4.90 Å². The molecule has 2 N–H and O–H groups in total. The number of alkyl halides is 3. The van der Waals surface area contributed by atoms with E-state index >= 15 is 0 Å². The second-order valence-corrected chi connectivity index (χ2v) is 4.96. The van der Waals surface area contributed by atoms with Gasteiger partial charge in [-0.2, -0.15) is 13.2 Å². The first kappa shape index (κ1) is 13.8. The van der Waals surface area contributed by atoms with E-state index in [4.69, 9.17) is 5.73 Å². The van der Waals surface area contributed by atoms with E-state index in [0.717, 1.165) is 19.3 Å². The van der Waals surface area contributed by atoms with E-state index in [1.807, 2.05) is 13.8 Å². The Morgan fingerprint density at radius 1 is 1.31 bits per heavy atom. The molecule has 1 aliphatic rings. The maximum atomic E-state index is 12.4. The van der Waals surface area contributed by atoms with Gasteiger partial charge in [-0.3, -0.25) is 4.90 Å². The van der Waals surface area contributed by atoms with Crippen LogP contribution in [0.5, 0.6) is 0 Å². The molecule has 96 valence electrons. The van der Waals surface area contributed by atoms with Crippen LogP contribution in [0.2, 0.25) is 0 Å². The molecular weight excluding hydrogens is 217 g/mol. The lowest BCUT2D eigenvalue weighted by atomic mass is 9.90. The second-order valence-electron chi connectivity index (χ2n) is 4.96. The molecule has 2 nitrogen and oxygen atoms in total. The minimum absolute atomic E-state index is 0.00891. The van der Waals surface area contributed by atoms with Gasteiger partial charge < -0.3 is 5.73 Å². The summed E-state index contributed by atoms with van der Waals surface area (Å²) in [7, 11) is 0. The van der Waals surface area contributed by atoms with Crippen molar-refractivity contribution in [3.05, 3.63) is 0 Å². The molecule has 2 atom stereocenters. The molecule has 1 aliphatic carbocycles.